The average Bonchev–Trinajstić information content (AvgIpc) is 2.52. The van der Waals surface area contributed by atoms with Crippen molar-refractivity contribution in [3.63, 3.8) is 0 Å². The summed E-state index contributed by atoms with van der Waals surface area (Å²) in [7, 11) is 1.94. The van der Waals surface area contributed by atoms with Gasteiger partial charge in [0.05, 0.1) is 17.3 Å². The number of rotatable bonds is 6. The van der Waals surface area contributed by atoms with Crippen LogP contribution in [0.4, 0.5) is 5.69 Å². The zero-order chi connectivity index (χ0) is 16.8. The first-order chi connectivity index (χ1) is 11.0. The van der Waals surface area contributed by atoms with Crippen LogP contribution in [0.5, 0.6) is 0 Å². The monoisotopic (exact) mass is 350 g/mol. The van der Waals surface area contributed by atoms with Gasteiger partial charge in [0.15, 0.2) is 0 Å². The van der Waals surface area contributed by atoms with Gasteiger partial charge in [-0.1, -0.05) is 54.4 Å². The van der Waals surface area contributed by atoms with Crippen molar-refractivity contribution < 1.29 is 4.79 Å². The van der Waals surface area contributed by atoms with Gasteiger partial charge in [-0.2, -0.15) is 0 Å². The number of benzene rings is 2. The SMILES string of the molecule is CCC(c1ccc(Cl)cc1)N(C)CC(=O)Nc1ccccc1Cl. The minimum Gasteiger partial charge on any atom is -0.324 e. The Morgan fingerprint density at radius 2 is 1.78 bits per heavy atom. The van der Waals surface area contributed by atoms with E-state index in [2.05, 4.69) is 12.2 Å². The van der Waals surface area contributed by atoms with Gasteiger partial charge >= 0.3 is 0 Å². The summed E-state index contributed by atoms with van der Waals surface area (Å²) >= 11 is 12.0. The lowest BCUT2D eigenvalue weighted by Gasteiger charge is -2.27. The molecular weight excluding hydrogens is 331 g/mol. The number of likely N-dealkylation sites (N-methyl/N-ethyl adjacent to an activating group) is 1. The van der Waals surface area contributed by atoms with Crippen molar-refractivity contribution in [1.82, 2.24) is 4.90 Å². The van der Waals surface area contributed by atoms with Gasteiger partial charge in [0.25, 0.3) is 0 Å². The maximum absolute atomic E-state index is 12.2. The van der Waals surface area contributed by atoms with Gasteiger partial charge in [0.1, 0.15) is 0 Å². The molecule has 0 saturated carbocycles. The van der Waals surface area contributed by atoms with E-state index in [1.807, 2.05) is 48.3 Å². The fourth-order valence-corrected chi connectivity index (χ4v) is 2.88. The van der Waals surface area contributed by atoms with Gasteiger partial charge < -0.3 is 5.32 Å². The van der Waals surface area contributed by atoms with Gasteiger partial charge in [-0.05, 0) is 43.3 Å². The summed E-state index contributed by atoms with van der Waals surface area (Å²) in [5, 5.41) is 4.09. The summed E-state index contributed by atoms with van der Waals surface area (Å²) < 4.78 is 0. The standard InChI is InChI=1S/C18H20Cl2N2O/c1-3-17(13-8-10-14(19)11-9-13)22(2)12-18(23)21-16-7-5-4-6-15(16)20/h4-11,17H,3,12H2,1-2H3,(H,21,23). The number of carbonyl (C=O) groups excluding carboxylic acids is 1. The maximum Gasteiger partial charge on any atom is 0.238 e. The van der Waals surface area contributed by atoms with Gasteiger partial charge in [-0.25, -0.2) is 0 Å². The van der Waals surface area contributed by atoms with Crippen LogP contribution in [0.2, 0.25) is 10.0 Å². The van der Waals surface area contributed by atoms with Crippen LogP contribution in [-0.4, -0.2) is 24.4 Å². The predicted octanol–water partition coefficient (Wildman–Crippen LogP) is 5.02. The lowest BCUT2D eigenvalue weighted by Crippen LogP contribution is -2.33. The molecule has 0 aliphatic heterocycles. The molecule has 0 heterocycles. The normalized spacial score (nSPS) is 12.2. The highest BCUT2D eigenvalue weighted by atomic mass is 35.5. The van der Waals surface area contributed by atoms with Crippen molar-refractivity contribution in [2.45, 2.75) is 19.4 Å². The molecular formula is C18H20Cl2N2O. The second kappa shape index (κ2) is 8.34. The van der Waals surface area contributed by atoms with Crippen LogP contribution >= 0.6 is 23.2 Å². The fourth-order valence-electron chi connectivity index (χ4n) is 2.58. The van der Waals surface area contributed by atoms with E-state index in [1.54, 1.807) is 12.1 Å². The van der Waals surface area contributed by atoms with Gasteiger partial charge in [-0.3, -0.25) is 9.69 Å². The van der Waals surface area contributed by atoms with E-state index in [4.69, 9.17) is 23.2 Å². The van der Waals surface area contributed by atoms with Gasteiger partial charge in [0, 0.05) is 11.1 Å². The number of halogens is 2. The molecule has 23 heavy (non-hydrogen) atoms. The average molecular weight is 351 g/mol. The topological polar surface area (TPSA) is 32.3 Å². The Bertz CT molecular complexity index is 658. The number of para-hydroxylation sites is 1. The minimum absolute atomic E-state index is 0.0898. The molecule has 2 aromatic rings. The highest BCUT2D eigenvalue weighted by Gasteiger charge is 2.18. The van der Waals surface area contributed by atoms with Gasteiger partial charge in [-0.15, -0.1) is 0 Å². The van der Waals surface area contributed by atoms with Crippen molar-refractivity contribution in [2.24, 2.45) is 0 Å². The number of anilines is 1. The summed E-state index contributed by atoms with van der Waals surface area (Å²) in [6.45, 7) is 2.38. The number of nitrogens with one attached hydrogen (secondary N) is 1. The summed E-state index contributed by atoms with van der Waals surface area (Å²) in [4.78, 5) is 14.3. The van der Waals surface area contributed by atoms with E-state index in [-0.39, 0.29) is 18.5 Å². The van der Waals surface area contributed by atoms with E-state index in [9.17, 15) is 4.79 Å². The summed E-state index contributed by atoms with van der Waals surface area (Å²) in [6.07, 6.45) is 0.900. The highest BCUT2D eigenvalue weighted by molar-refractivity contribution is 6.33. The van der Waals surface area contributed by atoms with E-state index in [1.165, 1.54) is 0 Å². The van der Waals surface area contributed by atoms with E-state index < -0.39 is 0 Å². The number of amides is 1. The third-order valence-corrected chi connectivity index (χ3v) is 4.30. The second-order valence-electron chi connectivity index (χ2n) is 5.42. The number of carbonyl (C=O) groups is 1. The number of hydrogen-bond acceptors (Lipinski definition) is 2. The third kappa shape index (κ3) is 4.96. The third-order valence-electron chi connectivity index (χ3n) is 3.71. The predicted molar refractivity (Wildman–Crippen MR) is 97.2 cm³/mol. The Morgan fingerprint density at radius 1 is 1.13 bits per heavy atom. The van der Waals surface area contributed by atoms with Crippen LogP contribution in [0.25, 0.3) is 0 Å². The summed E-state index contributed by atoms with van der Waals surface area (Å²) in [5.41, 5.74) is 1.78. The quantitative estimate of drug-likeness (QED) is 0.793. The molecule has 0 aliphatic rings. The number of hydrogen-bond donors (Lipinski definition) is 1. The second-order valence-corrected chi connectivity index (χ2v) is 6.26. The molecule has 122 valence electrons. The molecule has 3 nitrogen and oxygen atoms in total. The summed E-state index contributed by atoms with van der Waals surface area (Å²) in [6, 6.07) is 15.1. The van der Waals surface area contributed by atoms with Crippen LogP contribution in [0.1, 0.15) is 24.9 Å². The van der Waals surface area contributed by atoms with E-state index in [0.29, 0.717) is 15.7 Å². The molecule has 2 rings (SSSR count). The Morgan fingerprint density at radius 3 is 2.39 bits per heavy atom. The molecule has 1 amide bonds. The van der Waals surface area contributed by atoms with Crippen molar-refractivity contribution in [1.29, 1.82) is 0 Å². The molecule has 0 spiro atoms. The molecule has 0 saturated heterocycles. The van der Waals surface area contributed by atoms with Crippen LogP contribution in [0.15, 0.2) is 48.5 Å². The van der Waals surface area contributed by atoms with E-state index in [0.717, 1.165) is 12.0 Å². The molecule has 0 radical (unpaired) electrons. The zero-order valence-electron chi connectivity index (χ0n) is 13.2. The lowest BCUT2D eigenvalue weighted by atomic mass is 10.0. The Balaban J connectivity index is 2.01. The smallest absolute Gasteiger partial charge is 0.238 e. The molecule has 1 N–H and O–H groups in total. The van der Waals surface area contributed by atoms with Crippen molar-refractivity contribution in [2.75, 3.05) is 18.9 Å². The fraction of sp³-hybridized carbons (Fsp3) is 0.278. The molecule has 0 aliphatic carbocycles. The number of nitrogens with zero attached hydrogens (tertiary/aromatic N) is 1. The molecule has 0 bridgehead atoms. The molecule has 0 aromatic heterocycles. The first kappa shape index (κ1) is 17.8. The lowest BCUT2D eigenvalue weighted by molar-refractivity contribution is -0.117. The Kier molecular flexibility index (Phi) is 6.46. The minimum atomic E-state index is -0.0898. The van der Waals surface area contributed by atoms with Crippen LogP contribution < -0.4 is 5.32 Å². The Hall–Kier alpha value is -1.55. The summed E-state index contributed by atoms with van der Waals surface area (Å²) in [5.74, 6) is -0.0898. The molecule has 0 fully saturated rings. The zero-order valence-corrected chi connectivity index (χ0v) is 14.7. The Labute approximate surface area is 147 Å². The highest BCUT2D eigenvalue weighted by Crippen LogP contribution is 2.25. The largest absolute Gasteiger partial charge is 0.324 e. The first-order valence-corrected chi connectivity index (χ1v) is 8.27. The van der Waals surface area contributed by atoms with Crippen molar-refractivity contribution in [3.8, 4) is 0 Å². The van der Waals surface area contributed by atoms with Crippen molar-refractivity contribution in [3.05, 3.63) is 64.1 Å². The maximum atomic E-state index is 12.2. The first-order valence-electron chi connectivity index (χ1n) is 7.51. The molecule has 5 heteroatoms. The van der Waals surface area contributed by atoms with Crippen molar-refractivity contribution >= 4 is 34.8 Å². The van der Waals surface area contributed by atoms with Crippen LogP contribution in [0, 0.1) is 0 Å². The van der Waals surface area contributed by atoms with Crippen LogP contribution in [0.3, 0.4) is 0 Å². The van der Waals surface area contributed by atoms with Crippen LogP contribution in [-0.2, 0) is 4.79 Å². The molecule has 2 aromatic carbocycles. The van der Waals surface area contributed by atoms with Gasteiger partial charge in [0.2, 0.25) is 5.91 Å². The molecule has 1 unspecified atom stereocenters. The van der Waals surface area contributed by atoms with E-state index >= 15 is 0 Å². The molecule has 1 atom stereocenters.